The maximum absolute atomic E-state index is 11.0. The monoisotopic (exact) mass is 308 g/mol. The molecular weight excluding hydrogens is 296 g/mol. The quantitative estimate of drug-likeness (QED) is 0.495. The molecule has 2 rings (SSSR count). The summed E-state index contributed by atoms with van der Waals surface area (Å²) in [6.07, 6.45) is 4.94. The van der Waals surface area contributed by atoms with Crippen LogP contribution in [0.15, 0.2) is 30.6 Å². The van der Waals surface area contributed by atoms with Gasteiger partial charge in [-0.15, -0.1) is 0 Å². The molecule has 1 aromatic carbocycles. The van der Waals surface area contributed by atoms with Gasteiger partial charge in [0.1, 0.15) is 0 Å². The van der Waals surface area contributed by atoms with Gasteiger partial charge in [-0.1, -0.05) is 22.0 Å². The highest BCUT2D eigenvalue weighted by Crippen LogP contribution is 2.16. The lowest BCUT2D eigenvalue weighted by Gasteiger charge is -2.00. The Morgan fingerprint density at radius 2 is 2.39 bits per heavy atom. The highest BCUT2D eigenvalue weighted by atomic mass is 79.9. The zero-order valence-corrected chi connectivity index (χ0v) is 11.6. The second-order valence-corrected chi connectivity index (χ2v) is 4.52. The van der Waals surface area contributed by atoms with E-state index in [9.17, 15) is 4.79 Å². The summed E-state index contributed by atoms with van der Waals surface area (Å²) in [6, 6.07) is 5.90. The van der Waals surface area contributed by atoms with Crippen molar-refractivity contribution in [3.05, 3.63) is 36.2 Å². The molecule has 0 N–H and O–H groups in total. The minimum Gasteiger partial charge on any atom is -0.466 e. The van der Waals surface area contributed by atoms with Crippen LogP contribution in [-0.2, 0) is 16.1 Å². The Labute approximate surface area is 113 Å². The number of ether oxygens (including phenoxy) is 1. The summed E-state index contributed by atoms with van der Waals surface area (Å²) in [5.41, 5.74) is 2.93. The second-order valence-electron chi connectivity index (χ2n) is 3.73. The first-order chi connectivity index (χ1) is 8.74. The molecule has 0 atom stereocenters. The maximum Gasteiger partial charge on any atom is 0.330 e. The number of nitrogens with zero attached hydrogens (tertiary/aromatic N) is 2. The summed E-state index contributed by atoms with van der Waals surface area (Å²) in [5, 5.41) is 0.891. The van der Waals surface area contributed by atoms with Gasteiger partial charge in [-0.25, -0.2) is 9.78 Å². The highest BCUT2D eigenvalue weighted by Gasteiger charge is 2.02. The normalized spacial score (nSPS) is 11.2. The lowest BCUT2D eigenvalue weighted by molar-refractivity contribution is -0.134. The Kier molecular flexibility index (Phi) is 4.15. The molecule has 4 nitrogen and oxygen atoms in total. The van der Waals surface area contributed by atoms with Crippen LogP contribution in [0.25, 0.3) is 17.1 Å². The van der Waals surface area contributed by atoms with E-state index in [1.807, 2.05) is 24.5 Å². The number of hydrogen-bond donors (Lipinski definition) is 0. The number of imidazole rings is 1. The molecule has 94 valence electrons. The average Bonchev–Trinajstić information content (AvgIpc) is 2.79. The van der Waals surface area contributed by atoms with E-state index in [1.54, 1.807) is 6.08 Å². The number of halogens is 1. The molecule has 0 aliphatic heterocycles. The SMILES string of the molecule is COC(=O)C=Cc1ccc2c(c1)ncn2CCBr. The second kappa shape index (κ2) is 5.82. The maximum atomic E-state index is 11.0. The number of alkyl halides is 1. The molecule has 1 aromatic heterocycles. The van der Waals surface area contributed by atoms with Crippen molar-refractivity contribution in [2.24, 2.45) is 0 Å². The number of methoxy groups -OCH3 is 1. The van der Waals surface area contributed by atoms with Crippen LogP contribution in [0.4, 0.5) is 0 Å². The topological polar surface area (TPSA) is 44.1 Å². The van der Waals surface area contributed by atoms with Gasteiger partial charge < -0.3 is 9.30 Å². The van der Waals surface area contributed by atoms with Crippen LogP contribution < -0.4 is 0 Å². The largest absolute Gasteiger partial charge is 0.466 e. The molecule has 0 radical (unpaired) electrons. The molecule has 5 heteroatoms. The fourth-order valence-corrected chi connectivity index (χ4v) is 2.07. The molecule has 0 bridgehead atoms. The van der Waals surface area contributed by atoms with E-state index in [0.29, 0.717) is 0 Å². The van der Waals surface area contributed by atoms with Gasteiger partial charge in [0.15, 0.2) is 0 Å². The van der Waals surface area contributed by atoms with Crippen molar-refractivity contribution in [3.63, 3.8) is 0 Å². The summed E-state index contributed by atoms with van der Waals surface area (Å²) in [6.45, 7) is 0.883. The van der Waals surface area contributed by atoms with Gasteiger partial charge in [-0.3, -0.25) is 0 Å². The minimum atomic E-state index is -0.361. The number of aryl methyl sites for hydroxylation is 1. The van der Waals surface area contributed by atoms with E-state index in [0.717, 1.165) is 28.5 Å². The summed E-state index contributed by atoms with van der Waals surface area (Å²) >= 11 is 3.41. The summed E-state index contributed by atoms with van der Waals surface area (Å²) in [5.74, 6) is -0.361. The standard InChI is InChI=1S/C13H13BrN2O2/c1-18-13(17)5-3-10-2-4-12-11(8-10)15-9-16(12)7-6-14/h2-5,8-9H,6-7H2,1H3. The molecule has 0 spiro atoms. The predicted molar refractivity (Wildman–Crippen MR) is 74.6 cm³/mol. The van der Waals surface area contributed by atoms with Crippen LogP contribution in [0.1, 0.15) is 5.56 Å². The first-order valence-corrected chi connectivity index (χ1v) is 6.63. The van der Waals surface area contributed by atoms with Crippen molar-refractivity contribution in [2.45, 2.75) is 6.54 Å². The molecule has 0 fully saturated rings. The zero-order valence-electron chi connectivity index (χ0n) is 9.97. The van der Waals surface area contributed by atoms with Gasteiger partial charge in [0.2, 0.25) is 0 Å². The van der Waals surface area contributed by atoms with E-state index in [2.05, 4.69) is 30.2 Å². The number of benzene rings is 1. The van der Waals surface area contributed by atoms with Crippen molar-refractivity contribution >= 4 is 39.0 Å². The Balaban J connectivity index is 2.28. The van der Waals surface area contributed by atoms with Crippen molar-refractivity contribution in [2.75, 3.05) is 12.4 Å². The number of rotatable bonds is 4. The Bertz CT molecular complexity index is 590. The van der Waals surface area contributed by atoms with Crippen molar-refractivity contribution < 1.29 is 9.53 Å². The number of hydrogen-bond acceptors (Lipinski definition) is 3. The number of carbonyl (C=O) groups excluding carboxylic acids is 1. The van der Waals surface area contributed by atoms with Crippen molar-refractivity contribution in [1.82, 2.24) is 9.55 Å². The van der Waals surface area contributed by atoms with E-state index in [-0.39, 0.29) is 5.97 Å². The zero-order chi connectivity index (χ0) is 13.0. The van der Waals surface area contributed by atoms with E-state index >= 15 is 0 Å². The van der Waals surface area contributed by atoms with Gasteiger partial charge in [0.25, 0.3) is 0 Å². The number of aromatic nitrogens is 2. The molecule has 2 aromatic rings. The van der Waals surface area contributed by atoms with E-state index in [4.69, 9.17) is 0 Å². The van der Waals surface area contributed by atoms with Gasteiger partial charge in [-0.05, 0) is 23.8 Å². The fourth-order valence-electron chi connectivity index (χ4n) is 1.69. The molecule has 1 heterocycles. The Morgan fingerprint density at radius 3 is 3.11 bits per heavy atom. The third kappa shape index (κ3) is 2.79. The van der Waals surface area contributed by atoms with Crippen molar-refractivity contribution in [3.8, 4) is 0 Å². The lowest BCUT2D eigenvalue weighted by atomic mass is 10.2. The number of carbonyl (C=O) groups is 1. The molecule has 0 amide bonds. The van der Waals surface area contributed by atoms with Crippen LogP contribution in [0.5, 0.6) is 0 Å². The lowest BCUT2D eigenvalue weighted by Crippen LogP contribution is -1.96. The predicted octanol–water partition coefficient (Wildman–Crippen LogP) is 2.62. The molecule has 18 heavy (non-hydrogen) atoms. The summed E-state index contributed by atoms with van der Waals surface area (Å²) < 4.78 is 6.63. The van der Waals surface area contributed by atoms with Crippen LogP contribution in [0, 0.1) is 0 Å². The average molecular weight is 309 g/mol. The summed E-state index contributed by atoms with van der Waals surface area (Å²) in [7, 11) is 1.36. The van der Waals surface area contributed by atoms with Crippen LogP contribution in [-0.4, -0.2) is 28.0 Å². The van der Waals surface area contributed by atoms with Crippen LogP contribution in [0.2, 0.25) is 0 Å². The van der Waals surface area contributed by atoms with Gasteiger partial charge in [-0.2, -0.15) is 0 Å². The molecule has 0 unspecified atom stereocenters. The van der Waals surface area contributed by atoms with Gasteiger partial charge >= 0.3 is 5.97 Å². The number of fused-ring (bicyclic) bond motifs is 1. The Hall–Kier alpha value is -1.62. The third-order valence-corrected chi connectivity index (χ3v) is 2.94. The molecule has 0 saturated heterocycles. The first-order valence-electron chi connectivity index (χ1n) is 5.51. The van der Waals surface area contributed by atoms with E-state index in [1.165, 1.54) is 13.2 Å². The van der Waals surface area contributed by atoms with Gasteiger partial charge in [0.05, 0.1) is 24.5 Å². The Morgan fingerprint density at radius 1 is 1.56 bits per heavy atom. The molecule has 0 saturated carbocycles. The molecule has 0 aliphatic rings. The summed E-state index contributed by atoms with van der Waals surface area (Å²) in [4.78, 5) is 15.3. The minimum absolute atomic E-state index is 0.361. The highest BCUT2D eigenvalue weighted by molar-refractivity contribution is 9.09. The van der Waals surface area contributed by atoms with Gasteiger partial charge in [0, 0.05) is 18.0 Å². The molecular formula is C13H13BrN2O2. The van der Waals surface area contributed by atoms with E-state index < -0.39 is 0 Å². The molecule has 0 aliphatic carbocycles. The third-order valence-electron chi connectivity index (χ3n) is 2.58. The fraction of sp³-hybridized carbons (Fsp3) is 0.231. The van der Waals surface area contributed by atoms with Crippen LogP contribution >= 0.6 is 15.9 Å². The number of esters is 1. The van der Waals surface area contributed by atoms with Crippen LogP contribution in [0.3, 0.4) is 0 Å². The smallest absolute Gasteiger partial charge is 0.330 e. The first kappa shape index (κ1) is 12.8. The van der Waals surface area contributed by atoms with Crippen molar-refractivity contribution in [1.29, 1.82) is 0 Å².